The van der Waals surface area contributed by atoms with Crippen LogP contribution in [0.15, 0.2) is 0 Å². The maximum atomic E-state index is 4.70. The Morgan fingerprint density at radius 1 is 1.40 bits per heavy atom. The average molecular weight is 159 g/mol. The Labute approximate surface area is 47.2 Å². The summed E-state index contributed by atoms with van der Waals surface area (Å²) in [7, 11) is 9.40. The molecular weight excluding hydrogens is 154 g/mol. The molecule has 0 aromatic heterocycles. The van der Waals surface area contributed by atoms with Crippen molar-refractivity contribution in [1.29, 1.82) is 0 Å². The molecule has 0 spiro atoms. The third-order valence-electron chi connectivity index (χ3n) is 0. The Kier molecular flexibility index (Phi) is 36.9. The van der Waals surface area contributed by atoms with Gasteiger partial charge in [-0.05, 0) is 0 Å². The van der Waals surface area contributed by atoms with E-state index in [2.05, 4.69) is 6.92 Å². The van der Waals surface area contributed by atoms with Crippen molar-refractivity contribution in [3.05, 3.63) is 6.92 Å². The molecule has 0 atom stereocenters. The van der Waals surface area contributed by atoms with Crippen molar-refractivity contribution < 1.29 is 12.7 Å². The van der Waals surface area contributed by atoms with Crippen LogP contribution in [0, 0.1) is 6.92 Å². The van der Waals surface area contributed by atoms with E-state index in [0.29, 0.717) is 12.7 Å². The summed E-state index contributed by atoms with van der Waals surface area (Å²) in [6, 6.07) is 0. The molecule has 0 amide bonds. The molecular formula is C2H5Cl2Ni. The van der Waals surface area contributed by atoms with Gasteiger partial charge in [-0.2, -0.15) is 6.92 Å². The van der Waals surface area contributed by atoms with Gasteiger partial charge in [-0.15, -0.1) is 0 Å². The topological polar surface area (TPSA) is 0 Å². The van der Waals surface area contributed by atoms with E-state index in [1.54, 1.807) is 6.92 Å². The molecule has 0 unspecified atom stereocenters. The van der Waals surface area contributed by atoms with E-state index in [1.165, 1.54) is 0 Å². The first kappa shape index (κ1) is 9.42. The van der Waals surface area contributed by atoms with Gasteiger partial charge in [0.15, 0.2) is 0 Å². The van der Waals surface area contributed by atoms with Crippen LogP contribution >= 0.6 is 20.4 Å². The van der Waals surface area contributed by atoms with E-state index >= 15 is 0 Å². The molecule has 0 rings (SSSR count). The molecule has 0 aliphatic rings. The molecule has 0 aromatic carbocycles. The van der Waals surface area contributed by atoms with Gasteiger partial charge in [0, 0.05) is 0 Å². The summed E-state index contributed by atoms with van der Waals surface area (Å²) >= 11 is 0.569. The SMILES string of the molecule is [CH2-]C.[Cl][Ni+][Cl]. The van der Waals surface area contributed by atoms with E-state index in [1.807, 2.05) is 0 Å². The molecule has 0 aromatic rings. The molecule has 0 nitrogen and oxygen atoms in total. The molecule has 0 aliphatic carbocycles. The van der Waals surface area contributed by atoms with Crippen LogP contribution in [0.3, 0.4) is 0 Å². The van der Waals surface area contributed by atoms with Gasteiger partial charge in [-0.3, -0.25) is 0 Å². The van der Waals surface area contributed by atoms with Gasteiger partial charge < -0.3 is 6.92 Å². The molecule has 0 aliphatic heterocycles. The minimum absolute atomic E-state index is 0.569. The maximum absolute atomic E-state index is 4.70. The third-order valence-corrected chi connectivity index (χ3v) is 0. The van der Waals surface area contributed by atoms with Crippen LogP contribution in [0.4, 0.5) is 0 Å². The molecule has 0 saturated carbocycles. The number of hydrogen-bond donors (Lipinski definition) is 0. The summed E-state index contributed by atoms with van der Waals surface area (Å²) in [6.07, 6.45) is 0. The zero-order chi connectivity index (χ0) is 4.71. The molecule has 0 bridgehead atoms. The van der Waals surface area contributed by atoms with Gasteiger partial charge >= 0.3 is 33.0 Å². The van der Waals surface area contributed by atoms with Crippen molar-refractivity contribution in [1.82, 2.24) is 0 Å². The molecule has 0 radical (unpaired) electrons. The fraction of sp³-hybridized carbons (Fsp3) is 0.500. The van der Waals surface area contributed by atoms with Crippen LogP contribution in [0.25, 0.3) is 0 Å². The van der Waals surface area contributed by atoms with Crippen molar-refractivity contribution in [3.8, 4) is 0 Å². The summed E-state index contributed by atoms with van der Waals surface area (Å²) in [6.45, 7) is 5.00. The fourth-order valence-corrected chi connectivity index (χ4v) is 0. The Morgan fingerprint density at radius 2 is 1.40 bits per heavy atom. The third kappa shape index (κ3) is 41.6. The van der Waals surface area contributed by atoms with Crippen molar-refractivity contribution in [2.45, 2.75) is 6.92 Å². The van der Waals surface area contributed by atoms with Crippen LogP contribution in [0.1, 0.15) is 6.92 Å². The molecule has 37 valence electrons. The zero-order valence-corrected chi connectivity index (χ0v) is 5.28. The monoisotopic (exact) mass is 157 g/mol. The zero-order valence-electron chi connectivity index (χ0n) is 2.78. The van der Waals surface area contributed by atoms with Gasteiger partial charge in [-0.25, -0.2) is 0 Å². The standard InChI is InChI=1S/C2H5.2ClH.Ni/c1-2;;;/h1H2,2H3;2*1H;/q-1;;;+3/p-2. The summed E-state index contributed by atoms with van der Waals surface area (Å²) in [4.78, 5) is 0. The molecule has 0 saturated heterocycles. The molecule has 5 heavy (non-hydrogen) atoms. The summed E-state index contributed by atoms with van der Waals surface area (Å²) in [5.74, 6) is 0. The van der Waals surface area contributed by atoms with Gasteiger partial charge in [0.05, 0.1) is 0 Å². The van der Waals surface area contributed by atoms with Crippen molar-refractivity contribution >= 4 is 20.4 Å². The van der Waals surface area contributed by atoms with Gasteiger partial charge in [0.2, 0.25) is 0 Å². The Bertz CT molecular complexity index is 7.61. The second kappa shape index (κ2) is 19.6. The molecule has 0 fully saturated rings. The molecule has 0 N–H and O–H groups in total. The van der Waals surface area contributed by atoms with Crippen LogP contribution in [-0.2, 0) is 12.7 Å². The van der Waals surface area contributed by atoms with E-state index in [4.69, 9.17) is 20.4 Å². The number of rotatable bonds is 0. The fourth-order valence-electron chi connectivity index (χ4n) is 0. The first-order valence-electron chi connectivity index (χ1n) is 0.946. The van der Waals surface area contributed by atoms with Crippen LogP contribution in [-0.4, -0.2) is 0 Å². The normalized spacial score (nSPS) is 5.60. The van der Waals surface area contributed by atoms with Gasteiger partial charge in [0.1, 0.15) is 0 Å². The minimum atomic E-state index is 0.569. The van der Waals surface area contributed by atoms with Gasteiger partial charge in [0.25, 0.3) is 0 Å². The van der Waals surface area contributed by atoms with Crippen LogP contribution in [0.2, 0.25) is 0 Å². The predicted molar refractivity (Wildman–Crippen MR) is 22.7 cm³/mol. The molecule has 3 heteroatoms. The van der Waals surface area contributed by atoms with Crippen molar-refractivity contribution in [2.75, 3.05) is 0 Å². The Balaban J connectivity index is 0. The second-order valence-corrected chi connectivity index (χ2v) is 1.68. The van der Waals surface area contributed by atoms with Crippen LogP contribution < -0.4 is 0 Å². The summed E-state index contributed by atoms with van der Waals surface area (Å²) in [5.41, 5.74) is 0. The second-order valence-electron chi connectivity index (χ2n) is 0.0452. The number of halogens is 2. The molecule has 0 heterocycles. The average Bonchev–Trinajstić information content (AvgIpc) is 1.46. The Morgan fingerprint density at radius 3 is 1.40 bits per heavy atom. The van der Waals surface area contributed by atoms with Crippen molar-refractivity contribution in [3.63, 3.8) is 0 Å². The predicted octanol–water partition coefficient (Wildman–Crippen LogP) is 2.22. The van der Waals surface area contributed by atoms with E-state index < -0.39 is 0 Å². The summed E-state index contributed by atoms with van der Waals surface area (Å²) in [5, 5.41) is 0. The van der Waals surface area contributed by atoms with E-state index in [9.17, 15) is 0 Å². The van der Waals surface area contributed by atoms with E-state index in [0.717, 1.165) is 0 Å². The summed E-state index contributed by atoms with van der Waals surface area (Å²) < 4.78 is 0. The Hall–Kier alpha value is 1.07. The number of hydrogen-bond acceptors (Lipinski definition) is 0. The first-order chi connectivity index (χ1) is 2.41. The first-order valence-corrected chi connectivity index (χ1v) is 3.66. The van der Waals surface area contributed by atoms with Crippen molar-refractivity contribution in [2.24, 2.45) is 0 Å². The van der Waals surface area contributed by atoms with E-state index in [-0.39, 0.29) is 0 Å². The quantitative estimate of drug-likeness (QED) is 0.375. The van der Waals surface area contributed by atoms with Gasteiger partial charge in [-0.1, -0.05) is 0 Å². The van der Waals surface area contributed by atoms with Crippen LogP contribution in [0.5, 0.6) is 0 Å².